The summed E-state index contributed by atoms with van der Waals surface area (Å²) in [4.78, 5) is 7.24. The van der Waals surface area contributed by atoms with Gasteiger partial charge in [-0.25, -0.2) is 9.37 Å². The molecule has 16 heavy (non-hydrogen) atoms. The summed E-state index contributed by atoms with van der Waals surface area (Å²) >= 11 is 0. The first-order valence-corrected chi connectivity index (χ1v) is 5.11. The summed E-state index contributed by atoms with van der Waals surface area (Å²) in [7, 11) is 0. The number of H-pyrrole nitrogens is 1. The number of hydrogen-bond acceptors (Lipinski definition) is 2. The fourth-order valence-electron chi connectivity index (χ4n) is 1.48. The monoisotopic (exact) mass is 217 g/mol. The number of terminal acetylenes is 1. The number of aromatic nitrogens is 2. The molecule has 1 aromatic heterocycles. The molecule has 3 nitrogen and oxygen atoms in total. The third-order valence-corrected chi connectivity index (χ3v) is 2.36. The molecule has 0 spiro atoms. The van der Waals surface area contributed by atoms with Crippen LogP contribution in [0.2, 0.25) is 0 Å². The molecule has 82 valence electrons. The van der Waals surface area contributed by atoms with Gasteiger partial charge in [0, 0.05) is 0 Å². The van der Waals surface area contributed by atoms with E-state index in [0.29, 0.717) is 11.5 Å². The molecular weight excluding hydrogens is 205 g/mol. The largest absolute Gasteiger partial charge is 0.342 e. The summed E-state index contributed by atoms with van der Waals surface area (Å²) in [5, 5.41) is 3.06. The third-order valence-electron chi connectivity index (χ3n) is 2.36. The number of nitrogens with one attached hydrogen (secondary N) is 2. The Bertz CT molecular complexity index is 539. The third kappa shape index (κ3) is 1.98. The minimum absolute atomic E-state index is 0.0644. The first kappa shape index (κ1) is 10.5. The summed E-state index contributed by atoms with van der Waals surface area (Å²) < 4.78 is 12.9. The van der Waals surface area contributed by atoms with Crippen LogP contribution in [0.1, 0.15) is 13.3 Å². The summed E-state index contributed by atoms with van der Waals surface area (Å²) in [5.41, 5.74) is 1.38. The highest BCUT2D eigenvalue weighted by molar-refractivity contribution is 5.77. The van der Waals surface area contributed by atoms with Crippen molar-refractivity contribution in [2.75, 3.05) is 5.32 Å². The Morgan fingerprint density at radius 3 is 3.12 bits per heavy atom. The van der Waals surface area contributed by atoms with E-state index in [2.05, 4.69) is 21.2 Å². The molecule has 1 unspecified atom stereocenters. The van der Waals surface area contributed by atoms with E-state index in [1.54, 1.807) is 6.07 Å². The molecule has 0 aliphatic rings. The molecule has 2 N–H and O–H groups in total. The molecule has 0 saturated heterocycles. The van der Waals surface area contributed by atoms with Gasteiger partial charge in [-0.1, -0.05) is 12.8 Å². The Kier molecular flexibility index (Phi) is 2.78. The smallest absolute Gasteiger partial charge is 0.202 e. The molecule has 0 aliphatic heterocycles. The maximum Gasteiger partial charge on any atom is 0.202 e. The van der Waals surface area contributed by atoms with Gasteiger partial charge in [-0.2, -0.15) is 0 Å². The van der Waals surface area contributed by atoms with Crippen molar-refractivity contribution >= 4 is 17.0 Å². The van der Waals surface area contributed by atoms with Gasteiger partial charge in [0.1, 0.15) is 5.82 Å². The lowest BCUT2D eigenvalue weighted by Gasteiger charge is -2.07. The first-order chi connectivity index (χ1) is 7.72. The van der Waals surface area contributed by atoms with Crippen molar-refractivity contribution < 1.29 is 4.39 Å². The number of halogens is 1. The molecule has 0 aliphatic carbocycles. The van der Waals surface area contributed by atoms with Crippen LogP contribution in [-0.2, 0) is 0 Å². The number of rotatable bonds is 3. The highest BCUT2D eigenvalue weighted by atomic mass is 19.1. The van der Waals surface area contributed by atoms with Crippen molar-refractivity contribution in [2.45, 2.75) is 19.4 Å². The lowest BCUT2D eigenvalue weighted by molar-refractivity contribution is 0.629. The Hall–Kier alpha value is -2.02. The summed E-state index contributed by atoms with van der Waals surface area (Å²) in [6.45, 7) is 1.99. The number of imidazole rings is 1. The van der Waals surface area contributed by atoms with E-state index >= 15 is 0 Å². The zero-order chi connectivity index (χ0) is 11.5. The Labute approximate surface area is 93.1 Å². The molecule has 0 amide bonds. The van der Waals surface area contributed by atoms with E-state index in [9.17, 15) is 4.39 Å². The van der Waals surface area contributed by atoms with Crippen LogP contribution in [0.5, 0.6) is 0 Å². The number of hydrogen-bond donors (Lipinski definition) is 2. The van der Waals surface area contributed by atoms with Crippen LogP contribution in [0.3, 0.4) is 0 Å². The predicted octanol–water partition coefficient (Wildman–Crippen LogP) is 2.53. The molecular formula is C12H12FN3. The van der Waals surface area contributed by atoms with Crippen LogP contribution in [0.15, 0.2) is 18.2 Å². The Morgan fingerprint density at radius 1 is 1.62 bits per heavy atom. The first-order valence-electron chi connectivity index (χ1n) is 5.11. The second kappa shape index (κ2) is 4.23. The van der Waals surface area contributed by atoms with E-state index in [1.165, 1.54) is 12.1 Å². The van der Waals surface area contributed by atoms with Gasteiger partial charge in [-0.05, 0) is 24.6 Å². The van der Waals surface area contributed by atoms with Crippen molar-refractivity contribution in [3.63, 3.8) is 0 Å². The van der Waals surface area contributed by atoms with E-state index in [4.69, 9.17) is 6.42 Å². The van der Waals surface area contributed by atoms with Crippen LogP contribution < -0.4 is 5.32 Å². The molecule has 0 saturated carbocycles. The van der Waals surface area contributed by atoms with Gasteiger partial charge in [0.05, 0.1) is 17.1 Å². The molecule has 2 rings (SSSR count). The van der Waals surface area contributed by atoms with Gasteiger partial charge >= 0.3 is 0 Å². The molecule has 0 radical (unpaired) electrons. The highest BCUT2D eigenvalue weighted by Gasteiger charge is 2.06. The van der Waals surface area contributed by atoms with Crippen molar-refractivity contribution in [1.29, 1.82) is 0 Å². The second-order valence-corrected chi connectivity index (χ2v) is 3.52. The molecule has 0 fully saturated rings. The molecule has 1 atom stereocenters. The number of anilines is 1. The molecule has 1 heterocycles. The topological polar surface area (TPSA) is 40.7 Å². The van der Waals surface area contributed by atoms with Crippen molar-refractivity contribution in [3.8, 4) is 12.3 Å². The van der Waals surface area contributed by atoms with Crippen LogP contribution in [-0.4, -0.2) is 16.0 Å². The quantitative estimate of drug-likeness (QED) is 0.775. The standard InChI is InChI=1S/C12H12FN3/c1-3-9(4-2)14-12-15-10-6-5-8(13)7-11(10)16-12/h1,5-7,9H,4H2,2H3,(H2,14,15,16). The minimum Gasteiger partial charge on any atom is -0.342 e. The summed E-state index contributed by atoms with van der Waals surface area (Å²) in [6, 6.07) is 4.35. The van der Waals surface area contributed by atoms with E-state index in [1.807, 2.05) is 6.92 Å². The molecule has 1 aromatic carbocycles. The maximum atomic E-state index is 12.9. The number of aromatic amines is 1. The average Bonchev–Trinajstić information content (AvgIpc) is 2.67. The molecule has 0 bridgehead atoms. The van der Waals surface area contributed by atoms with Gasteiger partial charge < -0.3 is 10.3 Å². The molecule has 2 aromatic rings. The molecule has 4 heteroatoms. The average molecular weight is 217 g/mol. The Morgan fingerprint density at radius 2 is 2.44 bits per heavy atom. The Balaban J connectivity index is 2.30. The van der Waals surface area contributed by atoms with Gasteiger partial charge in [0.25, 0.3) is 0 Å². The van der Waals surface area contributed by atoms with Crippen molar-refractivity contribution in [1.82, 2.24) is 9.97 Å². The van der Waals surface area contributed by atoms with E-state index in [0.717, 1.165) is 11.9 Å². The minimum atomic E-state index is -0.285. The normalized spacial score (nSPS) is 12.3. The van der Waals surface area contributed by atoms with Crippen LogP contribution in [0, 0.1) is 18.2 Å². The van der Waals surface area contributed by atoms with Gasteiger partial charge in [0.2, 0.25) is 5.95 Å². The van der Waals surface area contributed by atoms with Crippen LogP contribution in [0.25, 0.3) is 11.0 Å². The van der Waals surface area contributed by atoms with E-state index in [-0.39, 0.29) is 11.9 Å². The predicted molar refractivity (Wildman–Crippen MR) is 62.6 cm³/mol. The fourth-order valence-corrected chi connectivity index (χ4v) is 1.48. The second-order valence-electron chi connectivity index (χ2n) is 3.52. The van der Waals surface area contributed by atoms with Crippen LogP contribution in [0.4, 0.5) is 10.3 Å². The number of fused-ring (bicyclic) bond motifs is 1. The van der Waals surface area contributed by atoms with Crippen molar-refractivity contribution in [2.24, 2.45) is 0 Å². The highest BCUT2D eigenvalue weighted by Crippen LogP contribution is 2.16. The summed E-state index contributed by atoms with van der Waals surface area (Å²) in [6.07, 6.45) is 6.14. The van der Waals surface area contributed by atoms with E-state index < -0.39 is 0 Å². The number of nitrogens with zero attached hydrogens (tertiary/aromatic N) is 1. The number of benzene rings is 1. The van der Waals surface area contributed by atoms with Gasteiger partial charge in [-0.15, -0.1) is 6.42 Å². The zero-order valence-corrected chi connectivity index (χ0v) is 8.92. The fraction of sp³-hybridized carbons (Fsp3) is 0.250. The maximum absolute atomic E-state index is 12.9. The van der Waals surface area contributed by atoms with Crippen molar-refractivity contribution in [3.05, 3.63) is 24.0 Å². The lowest BCUT2D eigenvalue weighted by Crippen LogP contribution is -2.16. The lowest BCUT2D eigenvalue weighted by atomic mass is 10.2. The SMILES string of the molecule is C#CC(CC)Nc1nc2ccc(F)cc2[nH]1. The summed E-state index contributed by atoms with van der Waals surface area (Å²) in [5.74, 6) is 2.90. The van der Waals surface area contributed by atoms with Crippen LogP contribution >= 0.6 is 0 Å². The van der Waals surface area contributed by atoms with Gasteiger partial charge in [0.15, 0.2) is 0 Å². The van der Waals surface area contributed by atoms with Gasteiger partial charge in [-0.3, -0.25) is 0 Å². The zero-order valence-electron chi connectivity index (χ0n) is 8.92.